The first-order valence-corrected chi connectivity index (χ1v) is 8.49. The topological polar surface area (TPSA) is 104 Å². The number of nitrogen functional groups attached to an aromatic ring is 1. The Morgan fingerprint density at radius 1 is 1.44 bits per heavy atom. The first-order chi connectivity index (χ1) is 12.0. The van der Waals surface area contributed by atoms with Crippen LogP contribution >= 0.6 is 0 Å². The van der Waals surface area contributed by atoms with E-state index < -0.39 is 0 Å². The van der Waals surface area contributed by atoms with Crippen molar-refractivity contribution in [2.45, 2.75) is 31.7 Å². The van der Waals surface area contributed by atoms with Gasteiger partial charge in [-0.25, -0.2) is 9.78 Å². The van der Waals surface area contributed by atoms with Crippen LogP contribution < -0.4 is 16.6 Å². The zero-order valence-corrected chi connectivity index (χ0v) is 14.3. The van der Waals surface area contributed by atoms with Crippen molar-refractivity contribution in [3.8, 4) is 0 Å². The Morgan fingerprint density at radius 2 is 2.24 bits per heavy atom. The van der Waals surface area contributed by atoms with Crippen LogP contribution in [-0.2, 0) is 12.8 Å². The molecule has 0 saturated heterocycles. The monoisotopic (exact) mass is 341 g/mol. The lowest BCUT2D eigenvalue weighted by molar-refractivity contribution is 0.184. The lowest BCUT2D eigenvalue weighted by Crippen LogP contribution is -2.41. The SMILES string of the molecule is CN(C(=O)NCCc1nc(N)cc(=O)[nH]1)[C@@H]1CCCc2ccccc21. The summed E-state index contributed by atoms with van der Waals surface area (Å²) in [7, 11) is 1.82. The van der Waals surface area contributed by atoms with Crippen molar-refractivity contribution in [2.75, 3.05) is 19.3 Å². The van der Waals surface area contributed by atoms with Gasteiger partial charge in [0.25, 0.3) is 5.56 Å². The fourth-order valence-electron chi connectivity index (χ4n) is 3.33. The average Bonchev–Trinajstić information content (AvgIpc) is 2.59. The van der Waals surface area contributed by atoms with E-state index in [0.29, 0.717) is 18.8 Å². The molecule has 7 nitrogen and oxygen atoms in total. The fourth-order valence-corrected chi connectivity index (χ4v) is 3.33. The van der Waals surface area contributed by atoms with Crippen LogP contribution in [0.15, 0.2) is 35.1 Å². The summed E-state index contributed by atoms with van der Waals surface area (Å²) in [4.78, 5) is 32.3. The summed E-state index contributed by atoms with van der Waals surface area (Å²) >= 11 is 0. The second-order valence-electron chi connectivity index (χ2n) is 6.32. The second kappa shape index (κ2) is 7.38. The minimum absolute atomic E-state index is 0.0928. The van der Waals surface area contributed by atoms with Gasteiger partial charge in [0.15, 0.2) is 0 Å². The largest absolute Gasteiger partial charge is 0.383 e. The summed E-state index contributed by atoms with van der Waals surface area (Å²) in [6.07, 6.45) is 3.52. The fraction of sp³-hybridized carbons (Fsp3) is 0.389. The quantitative estimate of drug-likeness (QED) is 0.786. The van der Waals surface area contributed by atoms with Gasteiger partial charge in [-0.15, -0.1) is 0 Å². The van der Waals surface area contributed by atoms with Crippen LogP contribution in [0.1, 0.15) is 35.8 Å². The molecule has 1 heterocycles. The number of amides is 2. The van der Waals surface area contributed by atoms with Crippen LogP contribution in [0.2, 0.25) is 0 Å². The number of hydrogen-bond acceptors (Lipinski definition) is 4. The lowest BCUT2D eigenvalue weighted by atomic mass is 9.87. The van der Waals surface area contributed by atoms with E-state index >= 15 is 0 Å². The number of nitrogens with one attached hydrogen (secondary N) is 2. The number of carbonyl (C=O) groups excluding carboxylic acids is 1. The number of carbonyl (C=O) groups is 1. The first kappa shape index (κ1) is 17.0. The number of hydrogen-bond donors (Lipinski definition) is 3. The number of H-pyrrole nitrogens is 1. The number of aromatic amines is 1. The molecule has 0 aliphatic heterocycles. The Hall–Kier alpha value is -2.83. The Bertz CT molecular complexity index is 817. The predicted molar refractivity (Wildman–Crippen MR) is 96.3 cm³/mol. The zero-order valence-electron chi connectivity index (χ0n) is 14.3. The van der Waals surface area contributed by atoms with Crippen molar-refractivity contribution in [1.29, 1.82) is 0 Å². The molecule has 25 heavy (non-hydrogen) atoms. The molecule has 1 aliphatic carbocycles. The lowest BCUT2D eigenvalue weighted by Gasteiger charge is -2.33. The van der Waals surface area contributed by atoms with E-state index in [4.69, 9.17) is 5.73 Å². The van der Waals surface area contributed by atoms with E-state index in [-0.39, 0.29) is 23.5 Å². The van der Waals surface area contributed by atoms with E-state index in [9.17, 15) is 9.59 Å². The van der Waals surface area contributed by atoms with E-state index in [1.165, 1.54) is 17.2 Å². The van der Waals surface area contributed by atoms with Gasteiger partial charge in [-0.05, 0) is 30.4 Å². The van der Waals surface area contributed by atoms with Crippen molar-refractivity contribution in [1.82, 2.24) is 20.2 Å². The summed E-state index contributed by atoms with van der Waals surface area (Å²) in [6, 6.07) is 9.49. The van der Waals surface area contributed by atoms with Gasteiger partial charge >= 0.3 is 6.03 Å². The van der Waals surface area contributed by atoms with Gasteiger partial charge in [0.05, 0.1) is 6.04 Å². The number of nitrogens with zero attached hydrogens (tertiary/aromatic N) is 2. The summed E-state index contributed by atoms with van der Waals surface area (Å²) in [5.74, 6) is 0.650. The third-order valence-electron chi connectivity index (χ3n) is 4.57. The van der Waals surface area contributed by atoms with Gasteiger partial charge in [0.1, 0.15) is 11.6 Å². The minimum Gasteiger partial charge on any atom is -0.383 e. The summed E-state index contributed by atoms with van der Waals surface area (Å²) in [6.45, 7) is 0.379. The van der Waals surface area contributed by atoms with Crippen molar-refractivity contribution < 1.29 is 4.79 Å². The molecule has 1 aromatic heterocycles. The van der Waals surface area contributed by atoms with Gasteiger partial charge in [0, 0.05) is 26.1 Å². The van der Waals surface area contributed by atoms with Gasteiger partial charge in [-0.1, -0.05) is 24.3 Å². The molecule has 3 rings (SSSR count). The number of rotatable bonds is 4. The Balaban J connectivity index is 1.59. The number of aryl methyl sites for hydroxylation is 1. The van der Waals surface area contributed by atoms with E-state index in [1.807, 2.05) is 19.2 Å². The highest BCUT2D eigenvalue weighted by Gasteiger charge is 2.26. The summed E-state index contributed by atoms with van der Waals surface area (Å²) in [5.41, 5.74) is 7.82. The van der Waals surface area contributed by atoms with Crippen molar-refractivity contribution in [3.63, 3.8) is 0 Å². The van der Waals surface area contributed by atoms with Crippen molar-refractivity contribution in [2.24, 2.45) is 0 Å². The highest BCUT2D eigenvalue weighted by molar-refractivity contribution is 5.74. The molecule has 0 bridgehead atoms. The minimum atomic E-state index is -0.287. The van der Waals surface area contributed by atoms with Gasteiger partial charge in [0.2, 0.25) is 0 Å². The average molecular weight is 341 g/mol. The molecule has 0 radical (unpaired) electrons. The molecule has 0 unspecified atom stereocenters. The number of nitrogens with two attached hydrogens (primary N) is 1. The standard InChI is InChI=1S/C18H23N5O2/c1-23(14-8-4-6-12-5-2-3-7-13(12)14)18(25)20-10-9-16-21-15(19)11-17(24)22-16/h2-3,5,7,11,14H,4,6,8-10H2,1H3,(H,20,25)(H3,19,21,22,24)/t14-/m1/s1. The molecule has 1 aromatic carbocycles. The predicted octanol–water partition coefficient (Wildman–Crippen LogP) is 1.61. The highest BCUT2D eigenvalue weighted by atomic mass is 16.2. The van der Waals surface area contributed by atoms with Crippen LogP contribution in [0.3, 0.4) is 0 Å². The normalized spacial score (nSPS) is 16.1. The van der Waals surface area contributed by atoms with Crippen LogP contribution in [0.25, 0.3) is 0 Å². The van der Waals surface area contributed by atoms with Crippen molar-refractivity contribution in [3.05, 3.63) is 57.6 Å². The molecule has 7 heteroatoms. The smallest absolute Gasteiger partial charge is 0.317 e. The zero-order chi connectivity index (χ0) is 17.8. The van der Waals surface area contributed by atoms with Crippen LogP contribution in [0.4, 0.5) is 10.6 Å². The van der Waals surface area contributed by atoms with Gasteiger partial charge < -0.3 is 20.9 Å². The van der Waals surface area contributed by atoms with Crippen molar-refractivity contribution >= 4 is 11.8 Å². The number of anilines is 1. The number of benzene rings is 1. The van der Waals surface area contributed by atoms with Gasteiger partial charge in [-0.3, -0.25) is 4.79 Å². The maximum Gasteiger partial charge on any atom is 0.317 e. The van der Waals surface area contributed by atoms with Gasteiger partial charge in [-0.2, -0.15) is 0 Å². The molecule has 0 saturated carbocycles. The molecule has 4 N–H and O–H groups in total. The van der Waals surface area contributed by atoms with E-state index in [2.05, 4.69) is 27.4 Å². The maximum atomic E-state index is 12.5. The Labute approximate surface area is 146 Å². The molecule has 1 atom stereocenters. The molecular weight excluding hydrogens is 318 g/mol. The number of aromatic nitrogens is 2. The molecule has 132 valence electrons. The van der Waals surface area contributed by atoms with Crippen LogP contribution in [0, 0.1) is 0 Å². The van der Waals surface area contributed by atoms with Crippen LogP contribution in [-0.4, -0.2) is 34.5 Å². The summed E-state index contributed by atoms with van der Waals surface area (Å²) < 4.78 is 0. The molecule has 2 amide bonds. The molecule has 2 aromatic rings. The molecule has 1 aliphatic rings. The second-order valence-corrected chi connectivity index (χ2v) is 6.32. The molecular formula is C18H23N5O2. The molecule has 0 fully saturated rings. The third kappa shape index (κ3) is 3.99. The molecule has 0 spiro atoms. The maximum absolute atomic E-state index is 12.5. The Kier molecular flexibility index (Phi) is 5.02. The third-order valence-corrected chi connectivity index (χ3v) is 4.57. The highest BCUT2D eigenvalue weighted by Crippen LogP contribution is 2.33. The summed E-state index contributed by atoms with van der Waals surface area (Å²) in [5, 5.41) is 2.88. The van der Waals surface area contributed by atoms with E-state index in [0.717, 1.165) is 19.3 Å². The van der Waals surface area contributed by atoms with E-state index in [1.54, 1.807) is 4.90 Å². The number of urea groups is 1. The number of fused-ring (bicyclic) bond motifs is 1. The van der Waals surface area contributed by atoms with Crippen LogP contribution in [0.5, 0.6) is 0 Å². The Morgan fingerprint density at radius 3 is 3.04 bits per heavy atom. The first-order valence-electron chi connectivity index (χ1n) is 8.49.